The fraction of sp³-hybridized carbons (Fsp3) is 0.333. The van der Waals surface area contributed by atoms with Crippen LogP contribution in [0.5, 0.6) is 0 Å². The number of carboxylic acid groups (broad SMARTS) is 1. The summed E-state index contributed by atoms with van der Waals surface area (Å²) >= 11 is 1.27. The smallest absolute Gasteiger partial charge is 0.317 e. The van der Waals surface area contributed by atoms with E-state index in [9.17, 15) is 9.90 Å². The Labute approximate surface area is 150 Å². The van der Waals surface area contributed by atoms with Crippen LogP contribution < -0.4 is 0 Å². The number of hydrogen-bond donors (Lipinski definition) is 1. The van der Waals surface area contributed by atoms with E-state index in [-0.39, 0.29) is 0 Å². The number of rotatable bonds is 7. The van der Waals surface area contributed by atoms with Crippen molar-refractivity contribution in [3.63, 3.8) is 0 Å². The number of benzene rings is 1. The molecule has 0 aliphatic rings. The zero-order valence-corrected chi connectivity index (χ0v) is 15.0. The molecule has 6 nitrogen and oxygen atoms in total. The lowest BCUT2D eigenvalue weighted by Crippen LogP contribution is -2.16. The summed E-state index contributed by atoms with van der Waals surface area (Å²) in [6.07, 6.45) is 2.48. The molecule has 0 spiro atoms. The van der Waals surface area contributed by atoms with Gasteiger partial charge in [-0.15, -0.1) is 10.2 Å². The van der Waals surface area contributed by atoms with E-state index in [1.165, 1.54) is 17.3 Å². The van der Waals surface area contributed by atoms with E-state index in [0.29, 0.717) is 22.9 Å². The third kappa shape index (κ3) is 3.99. The Morgan fingerprint density at radius 2 is 1.96 bits per heavy atom. The Morgan fingerprint density at radius 1 is 1.20 bits per heavy atom. The highest BCUT2D eigenvalue weighted by Gasteiger charge is 2.20. The van der Waals surface area contributed by atoms with Crippen molar-refractivity contribution < 1.29 is 9.90 Å². The Balaban J connectivity index is 1.92. The number of aliphatic carboxylic acids is 1. The average Bonchev–Trinajstić information content (AvgIpc) is 3.02. The minimum absolute atomic E-state index is 0.496. The molecule has 130 valence electrons. The Bertz CT molecular complexity index is 876. The first-order valence-electron chi connectivity index (χ1n) is 8.27. The first kappa shape index (κ1) is 17.4. The highest BCUT2D eigenvalue weighted by atomic mass is 32.2. The molecule has 0 saturated carbocycles. The standard InChI is InChI=1S/C18H20N4O2S/c1-3-4-5-14(18(23)24)25-16-11-10-15-19-20-17(22(15)21-16)13-8-6-12(2)7-9-13/h6-11,14H,3-5H2,1-2H3,(H,23,24). The minimum atomic E-state index is -0.803. The SMILES string of the molecule is CCCCC(Sc1ccc2nnc(-c3ccc(C)cc3)n2n1)C(=O)O. The fourth-order valence-electron chi connectivity index (χ4n) is 2.49. The molecule has 3 aromatic rings. The zero-order valence-electron chi connectivity index (χ0n) is 14.2. The normalized spacial score (nSPS) is 12.4. The van der Waals surface area contributed by atoms with Crippen LogP contribution in [-0.2, 0) is 4.79 Å². The van der Waals surface area contributed by atoms with Gasteiger partial charge in [-0.2, -0.15) is 9.61 Å². The molecule has 0 fully saturated rings. The lowest BCUT2D eigenvalue weighted by atomic mass is 10.1. The number of thioether (sulfide) groups is 1. The molecule has 1 unspecified atom stereocenters. The van der Waals surface area contributed by atoms with Gasteiger partial charge in [0.25, 0.3) is 0 Å². The number of carboxylic acids is 1. The van der Waals surface area contributed by atoms with Crippen molar-refractivity contribution in [2.24, 2.45) is 0 Å². The van der Waals surface area contributed by atoms with Gasteiger partial charge in [0, 0.05) is 5.56 Å². The van der Waals surface area contributed by atoms with E-state index in [4.69, 9.17) is 0 Å². The van der Waals surface area contributed by atoms with E-state index < -0.39 is 11.2 Å². The lowest BCUT2D eigenvalue weighted by molar-refractivity contribution is -0.136. The van der Waals surface area contributed by atoms with Crippen LogP contribution in [0.3, 0.4) is 0 Å². The van der Waals surface area contributed by atoms with Gasteiger partial charge < -0.3 is 5.11 Å². The van der Waals surface area contributed by atoms with Crippen LogP contribution in [0.25, 0.3) is 17.0 Å². The first-order valence-corrected chi connectivity index (χ1v) is 9.15. The quantitative estimate of drug-likeness (QED) is 0.648. The number of aromatic nitrogens is 4. The molecule has 2 aromatic heterocycles. The molecular formula is C18H20N4O2S. The molecule has 0 amide bonds. The van der Waals surface area contributed by atoms with Crippen molar-refractivity contribution in [1.82, 2.24) is 19.8 Å². The topological polar surface area (TPSA) is 80.4 Å². The molecule has 1 N–H and O–H groups in total. The number of fused-ring (bicyclic) bond motifs is 1. The Hall–Kier alpha value is -2.41. The van der Waals surface area contributed by atoms with Gasteiger partial charge in [0.1, 0.15) is 10.3 Å². The molecule has 7 heteroatoms. The maximum Gasteiger partial charge on any atom is 0.317 e. The molecule has 0 radical (unpaired) electrons. The summed E-state index contributed by atoms with van der Waals surface area (Å²) in [6, 6.07) is 11.6. The largest absolute Gasteiger partial charge is 0.480 e. The first-order chi connectivity index (χ1) is 12.1. The van der Waals surface area contributed by atoms with Crippen LogP contribution in [0, 0.1) is 6.92 Å². The molecule has 2 heterocycles. The van der Waals surface area contributed by atoms with Crippen molar-refractivity contribution >= 4 is 23.4 Å². The number of nitrogens with zero attached hydrogens (tertiary/aromatic N) is 4. The van der Waals surface area contributed by atoms with Crippen LogP contribution in [0.15, 0.2) is 41.4 Å². The summed E-state index contributed by atoms with van der Waals surface area (Å²) in [5.74, 6) is -0.152. The van der Waals surface area contributed by atoms with Crippen molar-refractivity contribution in [2.75, 3.05) is 0 Å². The summed E-state index contributed by atoms with van der Waals surface area (Å²) in [4.78, 5) is 11.5. The molecule has 0 bridgehead atoms. The highest BCUT2D eigenvalue weighted by Crippen LogP contribution is 2.26. The summed E-state index contributed by atoms with van der Waals surface area (Å²) < 4.78 is 1.67. The molecule has 0 saturated heterocycles. The maximum absolute atomic E-state index is 11.5. The number of unbranched alkanes of at least 4 members (excludes halogenated alkanes) is 1. The fourth-order valence-corrected chi connectivity index (χ4v) is 3.44. The van der Waals surface area contributed by atoms with Gasteiger partial charge in [0.2, 0.25) is 0 Å². The highest BCUT2D eigenvalue weighted by molar-refractivity contribution is 8.00. The summed E-state index contributed by atoms with van der Waals surface area (Å²) in [6.45, 7) is 4.08. The lowest BCUT2D eigenvalue weighted by Gasteiger charge is -2.11. The van der Waals surface area contributed by atoms with Gasteiger partial charge in [0.05, 0.1) is 0 Å². The second kappa shape index (κ2) is 7.65. The second-order valence-electron chi connectivity index (χ2n) is 5.92. The predicted molar refractivity (Wildman–Crippen MR) is 97.8 cm³/mol. The van der Waals surface area contributed by atoms with Crippen LogP contribution in [-0.4, -0.2) is 36.1 Å². The van der Waals surface area contributed by atoms with E-state index in [0.717, 1.165) is 18.4 Å². The monoisotopic (exact) mass is 356 g/mol. The molecule has 1 aromatic carbocycles. The van der Waals surface area contributed by atoms with E-state index in [1.807, 2.05) is 37.3 Å². The van der Waals surface area contributed by atoms with Crippen molar-refractivity contribution in [2.45, 2.75) is 43.4 Å². The van der Waals surface area contributed by atoms with Crippen molar-refractivity contribution in [3.8, 4) is 11.4 Å². The molecule has 3 rings (SSSR count). The number of aryl methyl sites for hydroxylation is 1. The van der Waals surface area contributed by atoms with Crippen molar-refractivity contribution in [1.29, 1.82) is 0 Å². The molecule has 0 aliphatic heterocycles. The minimum Gasteiger partial charge on any atom is -0.480 e. The Morgan fingerprint density at radius 3 is 2.64 bits per heavy atom. The van der Waals surface area contributed by atoms with Gasteiger partial charge in [-0.3, -0.25) is 4.79 Å². The van der Waals surface area contributed by atoms with Gasteiger partial charge >= 0.3 is 5.97 Å². The van der Waals surface area contributed by atoms with Crippen LogP contribution in [0.4, 0.5) is 0 Å². The third-order valence-corrected chi connectivity index (χ3v) is 5.09. The van der Waals surface area contributed by atoms with Gasteiger partial charge in [-0.05, 0) is 25.5 Å². The number of carbonyl (C=O) groups is 1. The number of hydrogen-bond acceptors (Lipinski definition) is 5. The van der Waals surface area contributed by atoms with E-state index >= 15 is 0 Å². The van der Waals surface area contributed by atoms with Gasteiger partial charge in [0.15, 0.2) is 11.5 Å². The summed E-state index contributed by atoms with van der Waals surface area (Å²) in [5, 5.41) is 22.5. The molecule has 0 aliphatic carbocycles. The van der Waals surface area contributed by atoms with E-state index in [2.05, 4.69) is 22.2 Å². The van der Waals surface area contributed by atoms with Gasteiger partial charge in [-0.25, -0.2) is 0 Å². The van der Waals surface area contributed by atoms with Crippen LogP contribution in [0.2, 0.25) is 0 Å². The molecular weight excluding hydrogens is 336 g/mol. The van der Waals surface area contributed by atoms with Crippen LogP contribution in [0.1, 0.15) is 31.7 Å². The average molecular weight is 356 g/mol. The maximum atomic E-state index is 11.5. The summed E-state index contributed by atoms with van der Waals surface area (Å²) in [5.41, 5.74) is 2.73. The van der Waals surface area contributed by atoms with Crippen LogP contribution >= 0.6 is 11.8 Å². The van der Waals surface area contributed by atoms with Gasteiger partial charge in [-0.1, -0.05) is 61.4 Å². The zero-order chi connectivity index (χ0) is 17.8. The second-order valence-corrected chi connectivity index (χ2v) is 7.14. The summed E-state index contributed by atoms with van der Waals surface area (Å²) in [7, 11) is 0. The van der Waals surface area contributed by atoms with Crippen molar-refractivity contribution in [3.05, 3.63) is 42.0 Å². The molecule has 25 heavy (non-hydrogen) atoms. The Kier molecular flexibility index (Phi) is 5.33. The van der Waals surface area contributed by atoms with E-state index in [1.54, 1.807) is 10.6 Å². The predicted octanol–water partition coefficient (Wildman–Crippen LogP) is 3.84. The molecule has 1 atom stereocenters. The third-order valence-electron chi connectivity index (χ3n) is 3.91.